The summed E-state index contributed by atoms with van der Waals surface area (Å²) in [5.74, 6) is 0. The molecule has 1 aromatic rings. The molecule has 0 saturated heterocycles. The second-order valence-corrected chi connectivity index (χ2v) is 5.12. The molecule has 0 aliphatic carbocycles. The van der Waals surface area contributed by atoms with Crippen molar-refractivity contribution in [3.63, 3.8) is 0 Å². The molecular formula is C17H28O. The first-order valence-electron chi connectivity index (χ1n) is 7.55. The van der Waals surface area contributed by atoms with Crippen LogP contribution in [-0.2, 0) is 6.42 Å². The van der Waals surface area contributed by atoms with Crippen LogP contribution in [0, 0.1) is 0 Å². The van der Waals surface area contributed by atoms with Crippen LogP contribution in [0.4, 0.5) is 0 Å². The zero-order chi connectivity index (χ0) is 13.2. The summed E-state index contributed by atoms with van der Waals surface area (Å²) in [6.07, 6.45) is 9.34. The topological polar surface area (TPSA) is 20.2 Å². The summed E-state index contributed by atoms with van der Waals surface area (Å²) in [5, 5.41) is 10.2. The van der Waals surface area contributed by atoms with Crippen molar-refractivity contribution in [1.82, 2.24) is 0 Å². The molecule has 0 spiro atoms. The Hall–Kier alpha value is -0.820. The molecule has 0 fully saturated rings. The molecule has 0 amide bonds. The Morgan fingerprint density at radius 2 is 1.61 bits per heavy atom. The minimum Gasteiger partial charge on any atom is -0.388 e. The molecule has 0 aliphatic rings. The number of rotatable bonds is 9. The number of aliphatic hydroxyl groups is 1. The molecule has 1 rings (SSSR count). The second-order valence-electron chi connectivity index (χ2n) is 5.12. The van der Waals surface area contributed by atoms with E-state index < -0.39 is 0 Å². The predicted octanol–water partition coefficient (Wildman–Crippen LogP) is 5.03. The Balaban J connectivity index is 2.29. The van der Waals surface area contributed by atoms with Gasteiger partial charge in [0.05, 0.1) is 6.10 Å². The Labute approximate surface area is 112 Å². The lowest BCUT2D eigenvalue weighted by Crippen LogP contribution is -2.01. The van der Waals surface area contributed by atoms with Gasteiger partial charge < -0.3 is 5.11 Å². The van der Waals surface area contributed by atoms with Crippen LogP contribution in [0.15, 0.2) is 24.3 Å². The molecule has 1 unspecified atom stereocenters. The third-order valence-electron chi connectivity index (χ3n) is 3.63. The molecule has 1 heteroatoms. The van der Waals surface area contributed by atoms with Gasteiger partial charge in [0, 0.05) is 0 Å². The van der Waals surface area contributed by atoms with Crippen LogP contribution in [0.1, 0.15) is 76.0 Å². The highest BCUT2D eigenvalue weighted by Crippen LogP contribution is 2.23. The summed E-state index contributed by atoms with van der Waals surface area (Å²) in [7, 11) is 0. The molecular weight excluding hydrogens is 220 g/mol. The average Bonchev–Trinajstić information content (AvgIpc) is 2.42. The van der Waals surface area contributed by atoms with E-state index in [0.717, 1.165) is 24.8 Å². The maximum atomic E-state index is 10.2. The molecule has 1 atom stereocenters. The van der Waals surface area contributed by atoms with Crippen LogP contribution in [0.5, 0.6) is 0 Å². The van der Waals surface area contributed by atoms with Gasteiger partial charge in [0.1, 0.15) is 0 Å². The van der Waals surface area contributed by atoms with E-state index in [1.165, 1.54) is 37.7 Å². The first-order chi connectivity index (χ1) is 8.79. The third kappa shape index (κ3) is 5.22. The van der Waals surface area contributed by atoms with Crippen LogP contribution >= 0.6 is 0 Å². The molecule has 0 bridgehead atoms. The number of hydrogen-bond donors (Lipinski definition) is 1. The molecule has 0 heterocycles. The van der Waals surface area contributed by atoms with Crippen LogP contribution in [0.25, 0.3) is 0 Å². The summed E-state index contributed by atoms with van der Waals surface area (Å²) < 4.78 is 0. The molecule has 0 radical (unpaired) electrons. The highest BCUT2D eigenvalue weighted by atomic mass is 16.3. The SMILES string of the molecule is CCCCCCCCC(O)c1ccccc1CC. The van der Waals surface area contributed by atoms with Gasteiger partial charge >= 0.3 is 0 Å². The zero-order valence-electron chi connectivity index (χ0n) is 12.0. The smallest absolute Gasteiger partial charge is 0.0792 e. The molecule has 0 aromatic heterocycles. The lowest BCUT2D eigenvalue weighted by Gasteiger charge is -2.14. The molecule has 0 aliphatic heterocycles. The molecule has 0 saturated carbocycles. The summed E-state index contributed by atoms with van der Waals surface area (Å²) in [6, 6.07) is 8.28. The van der Waals surface area contributed by atoms with E-state index in [9.17, 15) is 5.11 Å². The van der Waals surface area contributed by atoms with Gasteiger partial charge in [0.2, 0.25) is 0 Å². The fraction of sp³-hybridized carbons (Fsp3) is 0.647. The largest absolute Gasteiger partial charge is 0.388 e. The van der Waals surface area contributed by atoms with E-state index >= 15 is 0 Å². The molecule has 102 valence electrons. The maximum absolute atomic E-state index is 10.2. The minimum absolute atomic E-state index is 0.271. The van der Waals surface area contributed by atoms with Gasteiger partial charge in [0.15, 0.2) is 0 Å². The van der Waals surface area contributed by atoms with Crippen molar-refractivity contribution in [3.05, 3.63) is 35.4 Å². The highest BCUT2D eigenvalue weighted by molar-refractivity contribution is 5.28. The first-order valence-corrected chi connectivity index (χ1v) is 7.55. The number of aryl methyl sites for hydroxylation is 1. The maximum Gasteiger partial charge on any atom is 0.0792 e. The van der Waals surface area contributed by atoms with E-state index in [1.54, 1.807) is 0 Å². The van der Waals surface area contributed by atoms with Crippen molar-refractivity contribution >= 4 is 0 Å². The zero-order valence-corrected chi connectivity index (χ0v) is 12.0. The van der Waals surface area contributed by atoms with Crippen molar-refractivity contribution in [3.8, 4) is 0 Å². The van der Waals surface area contributed by atoms with Gasteiger partial charge in [-0.2, -0.15) is 0 Å². The van der Waals surface area contributed by atoms with Crippen LogP contribution in [-0.4, -0.2) is 5.11 Å². The number of benzene rings is 1. The van der Waals surface area contributed by atoms with Gasteiger partial charge in [0.25, 0.3) is 0 Å². The van der Waals surface area contributed by atoms with Gasteiger partial charge in [-0.3, -0.25) is 0 Å². The van der Waals surface area contributed by atoms with E-state index in [4.69, 9.17) is 0 Å². The minimum atomic E-state index is -0.271. The lowest BCUT2D eigenvalue weighted by atomic mass is 9.96. The Kier molecular flexibility index (Phi) is 7.75. The van der Waals surface area contributed by atoms with E-state index in [1.807, 2.05) is 6.07 Å². The Morgan fingerprint density at radius 1 is 0.944 bits per heavy atom. The number of unbranched alkanes of at least 4 members (excludes halogenated alkanes) is 5. The second kappa shape index (κ2) is 9.16. The quantitative estimate of drug-likeness (QED) is 0.607. The molecule has 1 nitrogen and oxygen atoms in total. The lowest BCUT2D eigenvalue weighted by molar-refractivity contribution is 0.162. The molecule has 18 heavy (non-hydrogen) atoms. The van der Waals surface area contributed by atoms with Crippen molar-refractivity contribution in [2.24, 2.45) is 0 Å². The summed E-state index contributed by atoms with van der Waals surface area (Å²) in [4.78, 5) is 0. The van der Waals surface area contributed by atoms with Gasteiger partial charge in [-0.1, -0.05) is 76.6 Å². The van der Waals surface area contributed by atoms with Gasteiger partial charge in [-0.05, 0) is 24.0 Å². The van der Waals surface area contributed by atoms with E-state index in [2.05, 4.69) is 32.0 Å². The summed E-state index contributed by atoms with van der Waals surface area (Å²) >= 11 is 0. The highest BCUT2D eigenvalue weighted by Gasteiger charge is 2.10. The predicted molar refractivity (Wildman–Crippen MR) is 78.8 cm³/mol. The summed E-state index contributed by atoms with van der Waals surface area (Å²) in [5.41, 5.74) is 2.42. The third-order valence-corrected chi connectivity index (χ3v) is 3.63. The van der Waals surface area contributed by atoms with E-state index in [0.29, 0.717) is 0 Å². The normalized spacial score (nSPS) is 12.6. The van der Waals surface area contributed by atoms with Crippen LogP contribution in [0.2, 0.25) is 0 Å². The van der Waals surface area contributed by atoms with Crippen molar-refractivity contribution in [1.29, 1.82) is 0 Å². The van der Waals surface area contributed by atoms with E-state index in [-0.39, 0.29) is 6.10 Å². The first kappa shape index (κ1) is 15.2. The Morgan fingerprint density at radius 3 is 2.33 bits per heavy atom. The van der Waals surface area contributed by atoms with Gasteiger partial charge in [-0.15, -0.1) is 0 Å². The molecule has 1 N–H and O–H groups in total. The Bertz CT molecular complexity index is 319. The van der Waals surface area contributed by atoms with Crippen molar-refractivity contribution < 1.29 is 5.11 Å². The van der Waals surface area contributed by atoms with Crippen LogP contribution < -0.4 is 0 Å². The number of hydrogen-bond acceptors (Lipinski definition) is 1. The monoisotopic (exact) mass is 248 g/mol. The van der Waals surface area contributed by atoms with Crippen LogP contribution in [0.3, 0.4) is 0 Å². The fourth-order valence-corrected chi connectivity index (χ4v) is 2.45. The standard InChI is InChI=1S/C17H28O/c1-3-5-6-7-8-9-14-17(18)16-13-11-10-12-15(16)4-2/h10-13,17-18H,3-9,14H2,1-2H3. The average molecular weight is 248 g/mol. The van der Waals surface area contributed by atoms with Gasteiger partial charge in [-0.25, -0.2) is 0 Å². The van der Waals surface area contributed by atoms with Crippen molar-refractivity contribution in [2.75, 3.05) is 0 Å². The van der Waals surface area contributed by atoms with Crippen molar-refractivity contribution in [2.45, 2.75) is 71.3 Å². The number of aliphatic hydroxyl groups excluding tert-OH is 1. The summed E-state index contributed by atoms with van der Waals surface area (Å²) in [6.45, 7) is 4.39. The molecule has 1 aromatic carbocycles. The fourth-order valence-electron chi connectivity index (χ4n) is 2.45.